The third-order valence-electron chi connectivity index (χ3n) is 3.70. The van der Waals surface area contributed by atoms with E-state index in [-0.39, 0.29) is 23.4 Å². The molecule has 1 saturated heterocycles. The van der Waals surface area contributed by atoms with Gasteiger partial charge in [0.05, 0.1) is 31.9 Å². The molecule has 1 aliphatic heterocycles. The minimum Gasteiger partial charge on any atom is -0.354 e. The van der Waals surface area contributed by atoms with Crippen LogP contribution in [-0.4, -0.2) is 62.2 Å². The Morgan fingerprint density at radius 1 is 1.32 bits per heavy atom. The Bertz CT molecular complexity index is 533. The molecule has 7 heteroatoms. The number of amides is 2. The lowest BCUT2D eigenvalue weighted by atomic mass is 10.3. The summed E-state index contributed by atoms with van der Waals surface area (Å²) in [6.07, 6.45) is 0. The number of rotatable bonds is 5. The maximum absolute atomic E-state index is 13.5. The summed E-state index contributed by atoms with van der Waals surface area (Å²) in [6, 6.07) is 6.47. The van der Waals surface area contributed by atoms with Gasteiger partial charge in [0.2, 0.25) is 5.91 Å². The number of piperazine rings is 1. The van der Waals surface area contributed by atoms with E-state index in [0.29, 0.717) is 24.5 Å². The lowest BCUT2D eigenvalue weighted by molar-refractivity contribution is -0.896. The molecule has 120 valence electrons. The van der Waals surface area contributed by atoms with Crippen LogP contribution < -0.4 is 10.2 Å². The molecule has 0 radical (unpaired) electrons. The standard InChI is InChI=1S/C15H20FN3O2S/c1-17-14(20)10-18-6-8-19(9-7-18)15(21)11-22-13-5-3-2-4-12(13)16/h2-5H,6-11H2,1H3,(H,17,20)/p+1. The number of benzene rings is 1. The van der Waals surface area contributed by atoms with Crippen LogP contribution in [0.25, 0.3) is 0 Å². The summed E-state index contributed by atoms with van der Waals surface area (Å²) in [4.78, 5) is 27.0. The first kappa shape index (κ1) is 16.8. The second-order valence-corrected chi connectivity index (χ2v) is 6.22. The van der Waals surface area contributed by atoms with Crippen molar-refractivity contribution in [3.8, 4) is 0 Å². The number of hydrogen-bond donors (Lipinski definition) is 2. The zero-order valence-corrected chi connectivity index (χ0v) is 13.4. The van der Waals surface area contributed by atoms with E-state index < -0.39 is 0 Å². The lowest BCUT2D eigenvalue weighted by Gasteiger charge is -2.31. The fourth-order valence-corrected chi connectivity index (χ4v) is 3.20. The van der Waals surface area contributed by atoms with E-state index in [1.54, 1.807) is 30.1 Å². The number of carbonyl (C=O) groups is 2. The number of quaternary nitrogens is 1. The molecule has 0 aliphatic carbocycles. The molecule has 2 N–H and O–H groups in total. The van der Waals surface area contributed by atoms with E-state index >= 15 is 0 Å². The first-order valence-corrected chi connectivity index (χ1v) is 8.28. The molecular weight excluding hydrogens is 305 g/mol. The largest absolute Gasteiger partial charge is 0.354 e. The maximum Gasteiger partial charge on any atom is 0.274 e. The quantitative estimate of drug-likeness (QED) is 0.710. The first-order valence-electron chi connectivity index (χ1n) is 7.29. The molecule has 0 unspecified atom stereocenters. The molecule has 1 aromatic carbocycles. The Kier molecular flexibility index (Phi) is 6.21. The minimum atomic E-state index is -0.292. The Morgan fingerprint density at radius 3 is 2.64 bits per heavy atom. The van der Waals surface area contributed by atoms with Crippen LogP contribution >= 0.6 is 11.8 Å². The highest BCUT2D eigenvalue weighted by Gasteiger charge is 2.24. The van der Waals surface area contributed by atoms with Gasteiger partial charge in [0, 0.05) is 11.9 Å². The number of nitrogens with zero attached hydrogens (tertiary/aromatic N) is 1. The van der Waals surface area contributed by atoms with Gasteiger partial charge in [0.15, 0.2) is 6.54 Å². The van der Waals surface area contributed by atoms with E-state index in [9.17, 15) is 14.0 Å². The second kappa shape index (κ2) is 8.14. The van der Waals surface area contributed by atoms with E-state index in [1.807, 2.05) is 0 Å². The highest BCUT2D eigenvalue weighted by molar-refractivity contribution is 8.00. The Morgan fingerprint density at radius 2 is 2.00 bits per heavy atom. The number of thioether (sulfide) groups is 1. The third kappa shape index (κ3) is 4.71. The molecule has 1 aromatic rings. The van der Waals surface area contributed by atoms with E-state index in [0.717, 1.165) is 13.1 Å². The average molecular weight is 326 g/mol. The topological polar surface area (TPSA) is 53.9 Å². The van der Waals surface area contributed by atoms with Crippen molar-refractivity contribution in [1.82, 2.24) is 10.2 Å². The van der Waals surface area contributed by atoms with Crippen LogP contribution in [0.15, 0.2) is 29.2 Å². The molecule has 0 spiro atoms. The van der Waals surface area contributed by atoms with Gasteiger partial charge in [-0.1, -0.05) is 12.1 Å². The molecule has 1 fully saturated rings. The van der Waals surface area contributed by atoms with E-state index in [1.165, 1.54) is 22.7 Å². The summed E-state index contributed by atoms with van der Waals surface area (Å²) < 4.78 is 13.5. The fourth-order valence-electron chi connectivity index (χ4n) is 2.36. The van der Waals surface area contributed by atoms with Crippen molar-refractivity contribution in [2.24, 2.45) is 0 Å². The highest BCUT2D eigenvalue weighted by atomic mass is 32.2. The maximum atomic E-state index is 13.5. The van der Waals surface area contributed by atoms with Crippen molar-refractivity contribution in [3.63, 3.8) is 0 Å². The molecule has 0 bridgehead atoms. The molecule has 22 heavy (non-hydrogen) atoms. The van der Waals surface area contributed by atoms with Gasteiger partial charge >= 0.3 is 0 Å². The van der Waals surface area contributed by atoms with Crippen molar-refractivity contribution in [2.45, 2.75) is 4.90 Å². The SMILES string of the molecule is CNC(=O)C[NH+]1CCN(C(=O)CSc2ccccc2F)CC1. The van der Waals surface area contributed by atoms with Gasteiger partial charge in [-0.15, -0.1) is 11.8 Å². The molecule has 0 aromatic heterocycles. The number of hydrogen-bond acceptors (Lipinski definition) is 3. The molecule has 0 atom stereocenters. The molecule has 1 heterocycles. The smallest absolute Gasteiger partial charge is 0.274 e. The van der Waals surface area contributed by atoms with Crippen molar-refractivity contribution in [1.29, 1.82) is 0 Å². The van der Waals surface area contributed by atoms with Crippen LogP contribution in [0.3, 0.4) is 0 Å². The van der Waals surface area contributed by atoms with Crippen molar-refractivity contribution in [2.75, 3.05) is 45.5 Å². The zero-order valence-electron chi connectivity index (χ0n) is 12.6. The molecule has 2 rings (SSSR count). The minimum absolute atomic E-state index is 0.0184. The second-order valence-electron chi connectivity index (χ2n) is 5.20. The lowest BCUT2D eigenvalue weighted by Crippen LogP contribution is -3.15. The van der Waals surface area contributed by atoms with Gasteiger partial charge in [0.1, 0.15) is 5.82 Å². The number of likely N-dealkylation sites (N-methyl/N-ethyl adjacent to an activating group) is 1. The summed E-state index contributed by atoms with van der Waals surface area (Å²) in [7, 11) is 1.63. The third-order valence-corrected chi connectivity index (χ3v) is 4.73. The van der Waals surface area contributed by atoms with Gasteiger partial charge in [-0.3, -0.25) is 9.59 Å². The van der Waals surface area contributed by atoms with Gasteiger partial charge in [0.25, 0.3) is 5.91 Å². The van der Waals surface area contributed by atoms with Crippen molar-refractivity contribution in [3.05, 3.63) is 30.1 Å². The highest BCUT2D eigenvalue weighted by Crippen LogP contribution is 2.21. The van der Waals surface area contributed by atoms with Crippen LogP contribution in [-0.2, 0) is 9.59 Å². The summed E-state index contributed by atoms with van der Waals surface area (Å²) in [6.45, 7) is 3.27. The number of halogens is 1. The van der Waals surface area contributed by atoms with Gasteiger partial charge < -0.3 is 15.1 Å². The van der Waals surface area contributed by atoms with E-state index in [2.05, 4.69) is 5.32 Å². The predicted octanol–water partition coefficient (Wildman–Crippen LogP) is -0.609. The predicted molar refractivity (Wildman–Crippen MR) is 83.3 cm³/mol. The summed E-state index contributed by atoms with van der Waals surface area (Å²) in [5, 5.41) is 2.61. The first-order chi connectivity index (χ1) is 10.6. The van der Waals surface area contributed by atoms with Gasteiger partial charge in [-0.05, 0) is 12.1 Å². The fraction of sp³-hybridized carbons (Fsp3) is 0.467. The normalized spacial score (nSPS) is 15.6. The molecule has 5 nitrogen and oxygen atoms in total. The van der Waals surface area contributed by atoms with Crippen molar-refractivity contribution >= 4 is 23.6 Å². The molecule has 0 saturated carbocycles. The van der Waals surface area contributed by atoms with Crippen LogP contribution in [0.2, 0.25) is 0 Å². The van der Waals surface area contributed by atoms with Gasteiger partial charge in [-0.25, -0.2) is 4.39 Å². The monoisotopic (exact) mass is 326 g/mol. The number of carbonyl (C=O) groups excluding carboxylic acids is 2. The van der Waals surface area contributed by atoms with Crippen LogP contribution in [0, 0.1) is 5.82 Å². The van der Waals surface area contributed by atoms with Crippen molar-refractivity contribution < 1.29 is 18.9 Å². The summed E-state index contributed by atoms with van der Waals surface area (Å²) in [5.74, 6) is -0.0107. The van der Waals surface area contributed by atoms with Crippen LogP contribution in [0.4, 0.5) is 4.39 Å². The van der Waals surface area contributed by atoms with Crippen LogP contribution in [0.5, 0.6) is 0 Å². The number of nitrogens with one attached hydrogen (secondary N) is 2. The summed E-state index contributed by atoms with van der Waals surface area (Å²) in [5.41, 5.74) is 0. The zero-order chi connectivity index (χ0) is 15.9. The molecule has 2 amide bonds. The van der Waals surface area contributed by atoms with Crippen LogP contribution in [0.1, 0.15) is 0 Å². The Balaban J connectivity index is 1.76. The molecule has 1 aliphatic rings. The van der Waals surface area contributed by atoms with Gasteiger partial charge in [-0.2, -0.15) is 0 Å². The average Bonchev–Trinajstić information content (AvgIpc) is 2.54. The Hall–Kier alpha value is -1.60. The van der Waals surface area contributed by atoms with E-state index in [4.69, 9.17) is 0 Å². The summed E-state index contributed by atoms with van der Waals surface area (Å²) >= 11 is 1.23. The molecular formula is C15H21FN3O2S+. The Labute approximate surface area is 133 Å².